The van der Waals surface area contributed by atoms with Gasteiger partial charge >= 0.3 is 0 Å². The molecule has 1 fully saturated rings. The van der Waals surface area contributed by atoms with Crippen molar-refractivity contribution in [2.24, 2.45) is 0 Å². The predicted molar refractivity (Wildman–Crippen MR) is 124 cm³/mol. The number of benzene rings is 2. The number of nitrogens with one attached hydrogen (secondary N) is 1. The molecule has 0 spiro atoms. The van der Waals surface area contributed by atoms with E-state index in [9.17, 15) is 9.50 Å². The van der Waals surface area contributed by atoms with E-state index in [-0.39, 0.29) is 17.7 Å². The molecule has 33 heavy (non-hydrogen) atoms. The molecule has 4 rings (SSSR count). The van der Waals surface area contributed by atoms with Crippen LogP contribution < -0.4 is 14.8 Å². The molecule has 0 radical (unpaired) electrons. The fourth-order valence-corrected chi connectivity index (χ4v) is 3.93. The van der Waals surface area contributed by atoms with Gasteiger partial charge in [0.25, 0.3) is 0 Å². The molecule has 8 nitrogen and oxygen atoms in total. The minimum Gasteiger partial charge on any atom is -0.493 e. The number of aliphatic hydroxyl groups excluding tert-OH is 1. The van der Waals surface area contributed by atoms with Crippen LogP contribution in [0.2, 0.25) is 5.02 Å². The maximum atomic E-state index is 13.5. The van der Waals surface area contributed by atoms with E-state index in [1.54, 1.807) is 19.2 Å². The van der Waals surface area contributed by atoms with Gasteiger partial charge in [-0.15, -0.1) is 0 Å². The van der Waals surface area contributed by atoms with Crippen LogP contribution in [0.1, 0.15) is 6.42 Å². The molecule has 176 valence electrons. The lowest BCUT2D eigenvalue weighted by Gasteiger charge is -2.34. The smallest absolute Gasteiger partial charge is 0.162 e. The van der Waals surface area contributed by atoms with Crippen molar-refractivity contribution in [3.05, 3.63) is 47.5 Å². The maximum Gasteiger partial charge on any atom is 0.162 e. The van der Waals surface area contributed by atoms with E-state index in [1.807, 2.05) is 6.07 Å². The quantitative estimate of drug-likeness (QED) is 0.452. The standard InChI is InChI=1S/C23H26ClFN4O4/c1-31-21-11-20-17(23(27-14-26-20)28-15-3-4-19(25)18(24)9-15)10-22(21)33-7-2-5-29-6-8-32-13-16(29)12-30/h3-4,9-11,14,16,30H,2,5-8,12-13H2,1H3,(H,26,27,28)/t16-/m1/s1. The zero-order valence-corrected chi connectivity index (χ0v) is 19.0. The van der Waals surface area contributed by atoms with Crippen molar-refractivity contribution in [2.75, 3.05) is 51.9 Å². The largest absolute Gasteiger partial charge is 0.493 e. The van der Waals surface area contributed by atoms with Crippen LogP contribution in [0.15, 0.2) is 36.7 Å². The average molecular weight is 477 g/mol. The number of aliphatic hydroxyl groups is 1. The number of rotatable bonds is 9. The van der Waals surface area contributed by atoms with Gasteiger partial charge in [-0.2, -0.15) is 0 Å². The van der Waals surface area contributed by atoms with E-state index in [2.05, 4.69) is 20.2 Å². The van der Waals surface area contributed by atoms with Crippen molar-refractivity contribution >= 4 is 34.0 Å². The van der Waals surface area contributed by atoms with Gasteiger partial charge in [-0.25, -0.2) is 14.4 Å². The first kappa shape index (κ1) is 23.4. The molecule has 0 saturated carbocycles. The van der Waals surface area contributed by atoms with Crippen LogP contribution in [0.5, 0.6) is 11.5 Å². The first-order chi connectivity index (χ1) is 16.1. The summed E-state index contributed by atoms with van der Waals surface area (Å²) in [5.41, 5.74) is 1.27. The summed E-state index contributed by atoms with van der Waals surface area (Å²) in [6.45, 7) is 3.36. The summed E-state index contributed by atoms with van der Waals surface area (Å²) >= 11 is 5.90. The van der Waals surface area contributed by atoms with Gasteiger partial charge in [0.05, 0.1) is 50.1 Å². The van der Waals surface area contributed by atoms with Gasteiger partial charge in [-0.1, -0.05) is 11.6 Å². The molecule has 3 aromatic rings. The van der Waals surface area contributed by atoms with Gasteiger partial charge in [0.1, 0.15) is 18.0 Å². The Morgan fingerprint density at radius 3 is 2.94 bits per heavy atom. The molecular weight excluding hydrogens is 451 g/mol. The second kappa shape index (κ2) is 10.9. The normalized spacial score (nSPS) is 16.7. The average Bonchev–Trinajstić information content (AvgIpc) is 2.84. The Kier molecular flexibility index (Phi) is 7.77. The van der Waals surface area contributed by atoms with Gasteiger partial charge in [0, 0.05) is 30.2 Å². The zero-order chi connectivity index (χ0) is 23.2. The highest BCUT2D eigenvalue weighted by molar-refractivity contribution is 6.31. The van der Waals surface area contributed by atoms with Crippen LogP contribution in [-0.4, -0.2) is 72.6 Å². The summed E-state index contributed by atoms with van der Waals surface area (Å²) in [7, 11) is 1.58. The van der Waals surface area contributed by atoms with E-state index in [0.29, 0.717) is 48.3 Å². The number of methoxy groups -OCH3 is 1. The third kappa shape index (κ3) is 5.62. The fraction of sp³-hybridized carbons (Fsp3) is 0.391. The van der Waals surface area contributed by atoms with E-state index >= 15 is 0 Å². The summed E-state index contributed by atoms with van der Waals surface area (Å²) < 4.78 is 30.5. The molecule has 2 heterocycles. The van der Waals surface area contributed by atoms with Crippen molar-refractivity contribution in [1.82, 2.24) is 14.9 Å². The number of morpholine rings is 1. The molecule has 1 aliphatic heterocycles. The Hall–Kier alpha value is -2.72. The van der Waals surface area contributed by atoms with Crippen molar-refractivity contribution in [3.8, 4) is 11.5 Å². The van der Waals surface area contributed by atoms with Gasteiger partial charge in [0.15, 0.2) is 11.5 Å². The Bertz CT molecular complexity index is 1100. The molecule has 1 atom stereocenters. The third-order valence-electron chi connectivity index (χ3n) is 5.51. The molecule has 0 amide bonds. The molecule has 0 aliphatic carbocycles. The lowest BCUT2D eigenvalue weighted by atomic mass is 10.2. The second-order valence-electron chi connectivity index (χ2n) is 7.65. The van der Waals surface area contributed by atoms with Crippen LogP contribution in [0, 0.1) is 5.82 Å². The monoisotopic (exact) mass is 476 g/mol. The Balaban J connectivity index is 1.49. The van der Waals surface area contributed by atoms with Crippen molar-refractivity contribution in [3.63, 3.8) is 0 Å². The topological polar surface area (TPSA) is 89.0 Å². The predicted octanol–water partition coefficient (Wildman–Crippen LogP) is 3.64. The highest BCUT2D eigenvalue weighted by Crippen LogP contribution is 2.35. The molecule has 1 aromatic heterocycles. The minimum absolute atomic E-state index is 0.0211. The molecule has 1 aliphatic rings. The number of aromatic nitrogens is 2. The number of halogens is 2. The second-order valence-corrected chi connectivity index (χ2v) is 8.05. The van der Waals surface area contributed by atoms with Crippen molar-refractivity contribution in [1.29, 1.82) is 0 Å². The van der Waals surface area contributed by atoms with Crippen LogP contribution in [0.25, 0.3) is 10.9 Å². The lowest BCUT2D eigenvalue weighted by Crippen LogP contribution is -2.47. The minimum atomic E-state index is -0.488. The van der Waals surface area contributed by atoms with E-state index in [0.717, 1.165) is 24.9 Å². The molecule has 10 heteroatoms. The number of fused-ring (bicyclic) bond motifs is 1. The number of ether oxygens (including phenoxy) is 3. The third-order valence-corrected chi connectivity index (χ3v) is 5.80. The Labute approximate surface area is 196 Å². The first-order valence-electron chi connectivity index (χ1n) is 10.7. The van der Waals surface area contributed by atoms with Gasteiger partial charge in [0.2, 0.25) is 0 Å². The summed E-state index contributed by atoms with van der Waals surface area (Å²) in [4.78, 5) is 10.9. The molecular formula is C23H26ClFN4O4. The summed E-state index contributed by atoms with van der Waals surface area (Å²) in [6.07, 6.45) is 2.22. The van der Waals surface area contributed by atoms with Crippen LogP contribution in [0.3, 0.4) is 0 Å². The molecule has 2 N–H and O–H groups in total. The highest BCUT2D eigenvalue weighted by atomic mass is 35.5. The first-order valence-corrected chi connectivity index (χ1v) is 11.1. The number of hydrogen-bond acceptors (Lipinski definition) is 8. The Morgan fingerprint density at radius 2 is 2.15 bits per heavy atom. The van der Waals surface area contributed by atoms with E-state index < -0.39 is 5.82 Å². The summed E-state index contributed by atoms with van der Waals surface area (Å²) in [5, 5.41) is 13.4. The van der Waals surface area contributed by atoms with Crippen LogP contribution in [0.4, 0.5) is 15.9 Å². The fourth-order valence-electron chi connectivity index (χ4n) is 3.75. The van der Waals surface area contributed by atoms with Crippen molar-refractivity contribution in [2.45, 2.75) is 12.5 Å². The SMILES string of the molecule is COc1cc2ncnc(Nc3ccc(F)c(Cl)c3)c2cc1OCCCN1CCOC[C@H]1CO. The lowest BCUT2D eigenvalue weighted by molar-refractivity contribution is -0.0287. The van der Waals surface area contributed by atoms with Gasteiger partial charge in [-0.05, 0) is 30.7 Å². The Morgan fingerprint density at radius 1 is 1.27 bits per heavy atom. The van der Waals surface area contributed by atoms with Crippen molar-refractivity contribution < 1.29 is 23.7 Å². The molecule has 1 saturated heterocycles. The summed E-state index contributed by atoms with van der Waals surface area (Å²) in [5.74, 6) is 1.18. The van der Waals surface area contributed by atoms with Crippen LogP contribution >= 0.6 is 11.6 Å². The molecule has 0 bridgehead atoms. The molecule has 0 unspecified atom stereocenters. The number of nitrogens with zero attached hydrogens (tertiary/aromatic N) is 3. The van der Waals surface area contributed by atoms with Gasteiger partial charge in [-0.3, -0.25) is 4.90 Å². The zero-order valence-electron chi connectivity index (χ0n) is 18.3. The van der Waals surface area contributed by atoms with Gasteiger partial charge < -0.3 is 24.6 Å². The number of anilines is 2. The maximum absolute atomic E-state index is 13.5. The van der Waals surface area contributed by atoms with Crippen LogP contribution in [-0.2, 0) is 4.74 Å². The van der Waals surface area contributed by atoms with E-state index in [4.69, 9.17) is 25.8 Å². The summed E-state index contributed by atoms with van der Waals surface area (Å²) in [6, 6.07) is 8.02. The number of hydrogen-bond donors (Lipinski definition) is 2. The highest BCUT2D eigenvalue weighted by Gasteiger charge is 2.21. The van der Waals surface area contributed by atoms with E-state index in [1.165, 1.54) is 18.5 Å². The molecule has 2 aromatic carbocycles.